The second kappa shape index (κ2) is 8.39. The van der Waals surface area contributed by atoms with Gasteiger partial charge in [-0.3, -0.25) is 4.79 Å². The van der Waals surface area contributed by atoms with Gasteiger partial charge in [0.2, 0.25) is 5.91 Å². The van der Waals surface area contributed by atoms with Gasteiger partial charge in [-0.05, 0) is 24.1 Å². The molecule has 7 nitrogen and oxygen atoms in total. The number of hydrogen-bond acceptors (Lipinski definition) is 6. The van der Waals surface area contributed by atoms with Crippen molar-refractivity contribution in [2.45, 2.75) is 18.2 Å². The molecule has 1 amide bonds. The molecule has 0 bridgehead atoms. The lowest BCUT2D eigenvalue weighted by molar-refractivity contribution is -0.139. The number of carbonyl (C=O) groups is 2. The lowest BCUT2D eigenvalue weighted by Gasteiger charge is -2.09. The molecule has 1 saturated heterocycles. The quantitative estimate of drug-likeness (QED) is 0.690. The van der Waals surface area contributed by atoms with Crippen LogP contribution in [0, 0.1) is 0 Å². The van der Waals surface area contributed by atoms with Gasteiger partial charge in [-0.2, -0.15) is 0 Å². The molecular weight excluding hydrogens is 354 g/mol. The van der Waals surface area contributed by atoms with Crippen molar-refractivity contribution in [2.75, 3.05) is 23.9 Å². The third kappa shape index (κ3) is 6.40. The Balaban J connectivity index is 1.73. The Labute approximate surface area is 144 Å². The minimum atomic E-state index is -2.92. The number of carboxylic acids is 1. The number of carboxylic acid groups (broad SMARTS) is 1. The van der Waals surface area contributed by atoms with Crippen LogP contribution in [-0.4, -0.2) is 54.5 Å². The zero-order valence-corrected chi connectivity index (χ0v) is 14.6. The summed E-state index contributed by atoms with van der Waals surface area (Å²) in [6.07, 6.45) is 0.600. The summed E-state index contributed by atoms with van der Waals surface area (Å²) in [4.78, 5) is 22.3. The monoisotopic (exact) mass is 373 g/mol. The van der Waals surface area contributed by atoms with Crippen LogP contribution in [0.25, 0.3) is 0 Å². The zero-order valence-electron chi connectivity index (χ0n) is 12.9. The van der Waals surface area contributed by atoms with Gasteiger partial charge in [-0.1, -0.05) is 12.1 Å². The van der Waals surface area contributed by atoms with Crippen molar-refractivity contribution in [1.29, 1.82) is 0 Å². The molecule has 132 valence electrons. The highest BCUT2D eigenvalue weighted by molar-refractivity contribution is 8.02. The van der Waals surface area contributed by atoms with E-state index in [0.29, 0.717) is 18.7 Å². The van der Waals surface area contributed by atoms with Crippen molar-refractivity contribution in [3.8, 4) is 5.75 Å². The van der Waals surface area contributed by atoms with Crippen LogP contribution in [0.3, 0.4) is 0 Å². The molecule has 0 spiro atoms. The maximum atomic E-state index is 11.8. The Morgan fingerprint density at radius 3 is 2.83 bits per heavy atom. The van der Waals surface area contributed by atoms with Gasteiger partial charge in [0.05, 0.1) is 17.3 Å². The molecule has 0 radical (unpaired) electrons. The van der Waals surface area contributed by atoms with Gasteiger partial charge in [0.15, 0.2) is 16.4 Å². The number of sulfone groups is 1. The highest BCUT2D eigenvalue weighted by Gasteiger charge is 2.28. The van der Waals surface area contributed by atoms with Gasteiger partial charge in [0.1, 0.15) is 5.75 Å². The predicted molar refractivity (Wildman–Crippen MR) is 90.9 cm³/mol. The fraction of sp³-hybridized carbons (Fsp3) is 0.467. The molecule has 1 aliphatic heterocycles. The van der Waals surface area contributed by atoms with Crippen LogP contribution in [0.4, 0.5) is 0 Å². The molecule has 1 atom stereocenters. The molecule has 0 aromatic heterocycles. The molecule has 1 fully saturated rings. The number of amides is 1. The van der Waals surface area contributed by atoms with E-state index in [2.05, 4.69) is 5.32 Å². The van der Waals surface area contributed by atoms with Crippen molar-refractivity contribution in [2.24, 2.45) is 0 Å². The molecule has 9 heteroatoms. The van der Waals surface area contributed by atoms with Gasteiger partial charge in [-0.15, -0.1) is 11.8 Å². The topological polar surface area (TPSA) is 110 Å². The molecule has 1 aromatic rings. The first kappa shape index (κ1) is 18.6. The van der Waals surface area contributed by atoms with E-state index in [1.165, 1.54) is 11.8 Å². The second-order valence-electron chi connectivity index (χ2n) is 5.44. The Morgan fingerprint density at radius 1 is 1.38 bits per heavy atom. The van der Waals surface area contributed by atoms with Crippen LogP contribution >= 0.6 is 11.8 Å². The van der Waals surface area contributed by atoms with Crippen molar-refractivity contribution in [3.63, 3.8) is 0 Å². The first-order valence-corrected chi connectivity index (χ1v) is 10.2. The van der Waals surface area contributed by atoms with Crippen LogP contribution in [0.15, 0.2) is 24.3 Å². The lowest BCUT2D eigenvalue weighted by atomic mass is 10.2. The van der Waals surface area contributed by atoms with Gasteiger partial charge < -0.3 is 15.2 Å². The van der Waals surface area contributed by atoms with Gasteiger partial charge in [-0.25, -0.2) is 13.2 Å². The lowest BCUT2D eigenvalue weighted by Crippen LogP contribution is -2.25. The Hall–Kier alpha value is -1.74. The molecule has 1 unspecified atom stereocenters. The number of hydrogen-bond donors (Lipinski definition) is 2. The number of aliphatic carboxylic acids is 1. The van der Waals surface area contributed by atoms with E-state index >= 15 is 0 Å². The molecular formula is C15H19NO6S2. The third-order valence-electron chi connectivity index (χ3n) is 3.39. The SMILES string of the molecule is O=C(O)COc1cccc(CNC(=O)CSC2CCS(=O)(=O)C2)c1. The van der Waals surface area contributed by atoms with E-state index in [-0.39, 0.29) is 28.4 Å². The summed E-state index contributed by atoms with van der Waals surface area (Å²) in [5, 5.41) is 11.3. The molecule has 0 saturated carbocycles. The van der Waals surface area contributed by atoms with E-state index in [4.69, 9.17) is 9.84 Å². The summed E-state index contributed by atoms with van der Waals surface area (Å²) in [6, 6.07) is 6.83. The number of carbonyl (C=O) groups excluding carboxylic acids is 1. The summed E-state index contributed by atoms with van der Waals surface area (Å²) in [7, 11) is -2.92. The maximum absolute atomic E-state index is 11.8. The number of nitrogens with one attached hydrogen (secondary N) is 1. The van der Waals surface area contributed by atoms with E-state index in [1.807, 2.05) is 0 Å². The summed E-state index contributed by atoms with van der Waals surface area (Å²) in [5.74, 6) is -0.228. The minimum Gasteiger partial charge on any atom is -0.482 e. The highest BCUT2D eigenvalue weighted by Crippen LogP contribution is 2.24. The molecule has 1 heterocycles. The number of thioether (sulfide) groups is 1. The normalized spacial score (nSPS) is 18.9. The fourth-order valence-electron chi connectivity index (χ4n) is 2.23. The average molecular weight is 373 g/mol. The Kier molecular flexibility index (Phi) is 6.50. The van der Waals surface area contributed by atoms with Gasteiger partial charge >= 0.3 is 5.97 Å². The largest absolute Gasteiger partial charge is 0.482 e. The van der Waals surface area contributed by atoms with Crippen LogP contribution in [0.2, 0.25) is 0 Å². The summed E-state index contributed by atoms with van der Waals surface area (Å²) in [5.41, 5.74) is 0.791. The van der Waals surface area contributed by atoms with Crippen LogP contribution in [-0.2, 0) is 26.0 Å². The Bertz CT molecular complexity index is 704. The molecule has 0 aliphatic carbocycles. The zero-order chi connectivity index (χ0) is 17.6. The van der Waals surface area contributed by atoms with Crippen molar-refractivity contribution in [1.82, 2.24) is 5.32 Å². The average Bonchev–Trinajstić information content (AvgIpc) is 2.88. The molecule has 1 aromatic carbocycles. The minimum absolute atomic E-state index is 0.00602. The standard InChI is InChI=1S/C15H19NO6S2/c17-14(9-23-13-4-5-24(20,21)10-13)16-7-11-2-1-3-12(6-11)22-8-15(18)19/h1-3,6,13H,4-5,7-10H2,(H,16,17)(H,18,19). The van der Waals surface area contributed by atoms with Crippen molar-refractivity contribution < 1.29 is 27.9 Å². The molecule has 1 aliphatic rings. The Morgan fingerprint density at radius 2 is 2.17 bits per heavy atom. The van der Waals surface area contributed by atoms with Crippen molar-refractivity contribution in [3.05, 3.63) is 29.8 Å². The van der Waals surface area contributed by atoms with Crippen LogP contribution in [0.5, 0.6) is 5.75 Å². The third-order valence-corrected chi connectivity index (χ3v) is 6.67. The predicted octanol–water partition coefficient (Wildman–Crippen LogP) is 0.687. The van der Waals surface area contributed by atoms with E-state index in [1.54, 1.807) is 24.3 Å². The van der Waals surface area contributed by atoms with Gasteiger partial charge in [0, 0.05) is 11.8 Å². The number of benzene rings is 1. The van der Waals surface area contributed by atoms with Crippen LogP contribution in [0.1, 0.15) is 12.0 Å². The maximum Gasteiger partial charge on any atom is 0.341 e. The summed E-state index contributed by atoms with van der Waals surface area (Å²) < 4.78 is 27.8. The van der Waals surface area contributed by atoms with Crippen molar-refractivity contribution >= 4 is 33.5 Å². The highest BCUT2D eigenvalue weighted by atomic mass is 32.2. The van der Waals surface area contributed by atoms with E-state index in [0.717, 1.165) is 5.56 Å². The summed E-state index contributed by atoms with van der Waals surface area (Å²) in [6.45, 7) is -0.122. The molecule has 24 heavy (non-hydrogen) atoms. The van der Waals surface area contributed by atoms with Crippen LogP contribution < -0.4 is 10.1 Å². The second-order valence-corrected chi connectivity index (χ2v) is 8.96. The number of ether oxygens (including phenoxy) is 1. The van der Waals surface area contributed by atoms with E-state index < -0.39 is 22.4 Å². The van der Waals surface area contributed by atoms with E-state index in [9.17, 15) is 18.0 Å². The fourth-order valence-corrected chi connectivity index (χ4v) is 5.70. The van der Waals surface area contributed by atoms with Gasteiger partial charge in [0.25, 0.3) is 0 Å². The first-order chi connectivity index (χ1) is 11.3. The summed E-state index contributed by atoms with van der Waals surface area (Å²) >= 11 is 1.36. The number of rotatable bonds is 8. The molecule has 2 N–H and O–H groups in total. The first-order valence-electron chi connectivity index (χ1n) is 7.36. The smallest absolute Gasteiger partial charge is 0.341 e. The molecule has 2 rings (SSSR count).